The molecular formula is C8H8N6O. The van der Waals surface area contributed by atoms with Crippen LogP contribution in [0.2, 0.25) is 0 Å². The molecule has 2 heterocycles. The topological polar surface area (TPSA) is 96.5 Å². The van der Waals surface area contributed by atoms with Gasteiger partial charge in [-0.3, -0.25) is 14.9 Å². The molecule has 7 heteroatoms. The molecule has 0 radical (unpaired) electrons. The zero-order valence-electron chi connectivity index (χ0n) is 7.71. The molecule has 0 aliphatic rings. The van der Waals surface area contributed by atoms with Gasteiger partial charge < -0.3 is 5.32 Å². The Morgan fingerprint density at radius 2 is 2.33 bits per heavy atom. The van der Waals surface area contributed by atoms with Gasteiger partial charge in [0.25, 0.3) is 5.91 Å². The molecule has 0 fully saturated rings. The maximum Gasteiger partial charge on any atom is 0.271 e. The van der Waals surface area contributed by atoms with Crippen LogP contribution >= 0.6 is 0 Å². The fourth-order valence-electron chi connectivity index (χ4n) is 0.987. The van der Waals surface area contributed by atoms with Crippen LogP contribution in [0.15, 0.2) is 24.9 Å². The molecule has 2 aromatic rings. The molecule has 76 valence electrons. The Hall–Kier alpha value is -2.31. The van der Waals surface area contributed by atoms with E-state index in [4.69, 9.17) is 0 Å². The van der Waals surface area contributed by atoms with Gasteiger partial charge in [0, 0.05) is 12.4 Å². The summed E-state index contributed by atoms with van der Waals surface area (Å²) in [6, 6.07) is 0. The Kier molecular flexibility index (Phi) is 2.63. The lowest BCUT2D eigenvalue weighted by atomic mass is 10.4. The van der Waals surface area contributed by atoms with Crippen molar-refractivity contribution in [2.75, 3.05) is 0 Å². The number of amides is 1. The van der Waals surface area contributed by atoms with Crippen molar-refractivity contribution >= 4 is 5.91 Å². The highest BCUT2D eigenvalue weighted by atomic mass is 16.1. The molecule has 0 atom stereocenters. The molecule has 0 aliphatic carbocycles. The number of nitrogens with zero attached hydrogens (tertiary/aromatic N) is 4. The standard InChI is InChI=1S/C8H8N6O/c15-8(6-3-9-1-2-10-6)11-4-7-12-5-13-14-7/h1-3,5H,4H2,(H,11,15)(H,12,13,14). The molecule has 0 aliphatic heterocycles. The third-order valence-electron chi connectivity index (χ3n) is 1.68. The van der Waals surface area contributed by atoms with Crippen molar-refractivity contribution in [1.82, 2.24) is 30.5 Å². The number of hydrogen-bond donors (Lipinski definition) is 2. The molecule has 2 aromatic heterocycles. The van der Waals surface area contributed by atoms with E-state index in [0.29, 0.717) is 5.82 Å². The first kappa shape index (κ1) is 9.25. The molecule has 1 amide bonds. The SMILES string of the molecule is O=C(NCc1ncn[nH]1)c1cnccn1. The van der Waals surface area contributed by atoms with Gasteiger partial charge in [-0.15, -0.1) is 0 Å². The maximum absolute atomic E-state index is 11.5. The number of carbonyl (C=O) groups excluding carboxylic acids is 1. The highest BCUT2D eigenvalue weighted by Crippen LogP contribution is 1.91. The average Bonchev–Trinajstić information content (AvgIpc) is 2.80. The Bertz CT molecular complexity index is 426. The van der Waals surface area contributed by atoms with Crippen molar-refractivity contribution in [2.24, 2.45) is 0 Å². The van der Waals surface area contributed by atoms with E-state index >= 15 is 0 Å². The normalized spacial score (nSPS) is 9.87. The molecule has 0 aromatic carbocycles. The molecule has 7 nitrogen and oxygen atoms in total. The number of hydrogen-bond acceptors (Lipinski definition) is 5. The summed E-state index contributed by atoms with van der Waals surface area (Å²) in [5.74, 6) is 0.298. The van der Waals surface area contributed by atoms with Crippen LogP contribution in [0.25, 0.3) is 0 Å². The van der Waals surface area contributed by atoms with Crippen LogP contribution in [0.4, 0.5) is 0 Å². The van der Waals surface area contributed by atoms with E-state index in [9.17, 15) is 4.79 Å². The molecule has 0 bridgehead atoms. The monoisotopic (exact) mass is 204 g/mol. The second kappa shape index (κ2) is 4.27. The van der Waals surface area contributed by atoms with Crippen LogP contribution in [-0.2, 0) is 6.54 Å². The van der Waals surface area contributed by atoms with Gasteiger partial charge in [-0.25, -0.2) is 9.97 Å². The van der Waals surface area contributed by atoms with Crippen molar-refractivity contribution in [2.45, 2.75) is 6.54 Å². The molecular weight excluding hydrogens is 196 g/mol. The van der Waals surface area contributed by atoms with Gasteiger partial charge in [0.05, 0.1) is 12.7 Å². The van der Waals surface area contributed by atoms with Gasteiger partial charge >= 0.3 is 0 Å². The number of aromatic amines is 1. The van der Waals surface area contributed by atoms with Gasteiger partial charge in [0.2, 0.25) is 0 Å². The highest BCUT2D eigenvalue weighted by molar-refractivity contribution is 5.91. The van der Waals surface area contributed by atoms with Crippen molar-refractivity contribution in [1.29, 1.82) is 0 Å². The van der Waals surface area contributed by atoms with Gasteiger partial charge in [-0.2, -0.15) is 5.10 Å². The van der Waals surface area contributed by atoms with Crippen LogP contribution < -0.4 is 5.32 Å². The van der Waals surface area contributed by atoms with Crippen molar-refractivity contribution in [3.8, 4) is 0 Å². The first-order valence-electron chi connectivity index (χ1n) is 4.25. The van der Waals surface area contributed by atoms with E-state index in [0.717, 1.165) is 0 Å². The van der Waals surface area contributed by atoms with E-state index < -0.39 is 0 Å². The molecule has 0 unspecified atom stereocenters. The number of aromatic nitrogens is 5. The van der Waals surface area contributed by atoms with E-state index in [1.807, 2.05) is 0 Å². The Morgan fingerprint density at radius 1 is 1.40 bits per heavy atom. The fourth-order valence-corrected chi connectivity index (χ4v) is 0.987. The third-order valence-corrected chi connectivity index (χ3v) is 1.68. The number of H-pyrrole nitrogens is 1. The van der Waals surface area contributed by atoms with E-state index in [2.05, 4.69) is 30.5 Å². The number of carbonyl (C=O) groups is 1. The molecule has 2 N–H and O–H groups in total. The number of nitrogens with one attached hydrogen (secondary N) is 2. The first-order chi connectivity index (χ1) is 7.36. The molecule has 15 heavy (non-hydrogen) atoms. The average molecular weight is 204 g/mol. The van der Waals surface area contributed by atoms with Crippen molar-refractivity contribution < 1.29 is 4.79 Å². The second-order valence-corrected chi connectivity index (χ2v) is 2.71. The van der Waals surface area contributed by atoms with E-state index in [1.165, 1.54) is 24.9 Å². The largest absolute Gasteiger partial charge is 0.343 e. The molecule has 0 saturated carbocycles. The Morgan fingerprint density at radius 3 is 3.00 bits per heavy atom. The second-order valence-electron chi connectivity index (χ2n) is 2.71. The summed E-state index contributed by atoms with van der Waals surface area (Å²) in [6.07, 6.45) is 5.75. The quantitative estimate of drug-likeness (QED) is 0.704. The summed E-state index contributed by atoms with van der Waals surface area (Å²) in [7, 11) is 0. The summed E-state index contributed by atoms with van der Waals surface area (Å²) in [5.41, 5.74) is 0.275. The summed E-state index contributed by atoms with van der Waals surface area (Å²) in [5, 5.41) is 8.92. The highest BCUT2D eigenvalue weighted by Gasteiger charge is 2.06. The molecule has 0 saturated heterocycles. The Labute approximate surface area is 85.0 Å². The fraction of sp³-hybridized carbons (Fsp3) is 0.125. The third kappa shape index (κ3) is 2.33. The first-order valence-corrected chi connectivity index (χ1v) is 4.25. The van der Waals surface area contributed by atoms with Gasteiger partial charge in [0.15, 0.2) is 0 Å². The minimum atomic E-state index is -0.292. The summed E-state index contributed by atoms with van der Waals surface area (Å²) in [4.78, 5) is 23.0. The van der Waals surface area contributed by atoms with Crippen LogP contribution in [0.3, 0.4) is 0 Å². The van der Waals surface area contributed by atoms with Crippen LogP contribution in [-0.4, -0.2) is 31.1 Å². The zero-order chi connectivity index (χ0) is 10.5. The smallest absolute Gasteiger partial charge is 0.271 e. The van der Waals surface area contributed by atoms with Crippen LogP contribution in [0, 0.1) is 0 Å². The van der Waals surface area contributed by atoms with Crippen LogP contribution in [0.5, 0.6) is 0 Å². The Balaban J connectivity index is 1.94. The molecule has 0 spiro atoms. The number of rotatable bonds is 3. The lowest BCUT2D eigenvalue weighted by Crippen LogP contribution is -2.24. The predicted molar refractivity (Wildman–Crippen MR) is 49.6 cm³/mol. The van der Waals surface area contributed by atoms with E-state index in [1.54, 1.807) is 0 Å². The lowest BCUT2D eigenvalue weighted by Gasteiger charge is -2.00. The minimum absolute atomic E-state index is 0.275. The summed E-state index contributed by atoms with van der Waals surface area (Å²) < 4.78 is 0. The summed E-state index contributed by atoms with van der Waals surface area (Å²) in [6.45, 7) is 0.287. The van der Waals surface area contributed by atoms with Crippen molar-refractivity contribution in [3.63, 3.8) is 0 Å². The van der Waals surface area contributed by atoms with E-state index in [-0.39, 0.29) is 18.1 Å². The predicted octanol–water partition coefficient (Wildman–Crippen LogP) is -0.475. The summed E-state index contributed by atoms with van der Waals surface area (Å²) >= 11 is 0. The lowest BCUT2D eigenvalue weighted by molar-refractivity contribution is 0.0944. The zero-order valence-corrected chi connectivity index (χ0v) is 7.71. The van der Waals surface area contributed by atoms with Crippen LogP contribution in [0.1, 0.15) is 16.3 Å². The maximum atomic E-state index is 11.5. The minimum Gasteiger partial charge on any atom is -0.343 e. The van der Waals surface area contributed by atoms with Gasteiger partial charge in [-0.05, 0) is 0 Å². The van der Waals surface area contributed by atoms with Crippen molar-refractivity contribution in [3.05, 3.63) is 36.4 Å². The van der Waals surface area contributed by atoms with Gasteiger partial charge in [-0.1, -0.05) is 0 Å². The molecule has 2 rings (SSSR count). The van der Waals surface area contributed by atoms with Gasteiger partial charge in [0.1, 0.15) is 17.8 Å².